The maximum absolute atomic E-state index is 12.8. The molecule has 7 heteroatoms. The molecular weight excluding hydrogens is 344 g/mol. The number of alkyl halides is 5. The molecule has 1 aromatic carbocycles. The molecule has 0 aliphatic carbocycles. The molecule has 0 fully saturated rings. The molecule has 0 aliphatic heterocycles. The van der Waals surface area contributed by atoms with Crippen LogP contribution in [0.25, 0.3) is 0 Å². The Kier molecular flexibility index (Phi) is 6.45. The molecule has 0 heterocycles. The molecule has 0 saturated carbocycles. The lowest BCUT2D eigenvalue weighted by Gasteiger charge is -2.17. The maximum Gasteiger partial charge on any atom is 0.461 e. The number of benzene rings is 1. The fraction of sp³-hybridized carbons (Fsp3) is 0.462. The van der Waals surface area contributed by atoms with Crippen LogP contribution in [-0.4, -0.2) is 23.6 Å². The minimum atomic E-state index is -4.57. The molecule has 20 heavy (non-hydrogen) atoms. The summed E-state index contributed by atoms with van der Waals surface area (Å²) in [6, 6.07) is 4.90. The number of hydrogen-bond acceptors (Lipinski definition) is 2. The van der Waals surface area contributed by atoms with E-state index in [2.05, 4.69) is 20.7 Å². The lowest BCUT2D eigenvalue weighted by Crippen LogP contribution is -2.33. The standard InChI is InChI=1S/C13H13BrF4O2/c14-7-2-1-6-11(19)9-4-3-5-10(8-9)20-13(17,18)12(15)16/h3-5,8,12H,1-2,6-7H2. The van der Waals surface area contributed by atoms with Crippen LogP contribution in [-0.2, 0) is 0 Å². The van der Waals surface area contributed by atoms with E-state index in [1.165, 1.54) is 12.1 Å². The summed E-state index contributed by atoms with van der Waals surface area (Å²) in [5, 5.41) is 0.768. The number of hydrogen-bond donors (Lipinski definition) is 0. The highest BCUT2D eigenvalue weighted by molar-refractivity contribution is 9.09. The number of ketones is 1. The predicted molar refractivity (Wildman–Crippen MR) is 70.0 cm³/mol. The van der Waals surface area contributed by atoms with Crippen molar-refractivity contribution in [3.05, 3.63) is 29.8 Å². The minimum absolute atomic E-state index is 0.169. The summed E-state index contributed by atoms with van der Waals surface area (Å²) in [4.78, 5) is 11.8. The first-order valence-corrected chi connectivity index (χ1v) is 7.03. The van der Waals surface area contributed by atoms with Crippen molar-refractivity contribution in [1.82, 2.24) is 0 Å². The Labute approximate surface area is 122 Å². The average Bonchev–Trinajstić information content (AvgIpc) is 2.38. The normalized spacial score (nSPS) is 11.7. The van der Waals surface area contributed by atoms with Gasteiger partial charge in [0.1, 0.15) is 5.75 Å². The van der Waals surface area contributed by atoms with Crippen LogP contribution < -0.4 is 4.74 Å². The van der Waals surface area contributed by atoms with Crippen molar-refractivity contribution in [2.75, 3.05) is 5.33 Å². The zero-order valence-corrected chi connectivity index (χ0v) is 12.0. The second-order valence-corrected chi connectivity index (χ2v) is 4.85. The fourth-order valence-electron chi connectivity index (χ4n) is 1.46. The highest BCUT2D eigenvalue weighted by Crippen LogP contribution is 2.28. The Morgan fingerprint density at radius 1 is 1.30 bits per heavy atom. The monoisotopic (exact) mass is 356 g/mol. The quantitative estimate of drug-likeness (QED) is 0.293. The number of unbranched alkanes of at least 4 members (excludes halogenated alkanes) is 1. The topological polar surface area (TPSA) is 26.3 Å². The van der Waals surface area contributed by atoms with Crippen molar-refractivity contribution in [2.24, 2.45) is 0 Å². The van der Waals surface area contributed by atoms with Gasteiger partial charge in [-0.3, -0.25) is 4.79 Å². The van der Waals surface area contributed by atoms with Gasteiger partial charge in [0.15, 0.2) is 5.78 Å². The van der Waals surface area contributed by atoms with Crippen LogP contribution in [0.15, 0.2) is 24.3 Å². The number of carbonyl (C=O) groups is 1. The molecule has 0 N–H and O–H groups in total. The molecular formula is C13H13BrF4O2. The first-order chi connectivity index (χ1) is 9.36. The van der Waals surface area contributed by atoms with Crippen molar-refractivity contribution in [1.29, 1.82) is 0 Å². The number of rotatable bonds is 8. The first kappa shape index (κ1) is 16.9. The Balaban J connectivity index is 2.73. The molecule has 2 nitrogen and oxygen atoms in total. The Morgan fingerprint density at radius 3 is 2.60 bits per heavy atom. The molecule has 0 aliphatic rings. The van der Waals surface area contributed by atoms with E-state index in [1.54, 1.807) is 0 Å². The number of ether oxygens (including phenoxy) is 1. The van der Waals surface area contributed by atoms with Gasteiger partial charge in [-0.1, -0.05) is 28.1 Å². The number of halogens is 5. The molecule has 0 bridgehead atoms. The van der Waals surface area contributed by atoms with Crippen LogP contribution in [0.5, 0.6) is 5.75 Å². The van der Waals surface area contributed by atoms with Gasteiger partial charge in [-0.15, -0.1) is 0 Å². The highest BCUT2D eigenvalue weighted by Gasteiger charge is 2.44. The van der Waals surface area contributed by atoms with Gasteiger partial charge in [-0.2, -0.15) is 17.6 Å². The molecule has 0 unspecified atom stereocenters. The third kappa shape index (κ3) is 5.11. The molecule has 0 radical (unpaired) electrons. The molecule has 1 rings (SSSR count). The van der Waals surface area contributed by atoms with E-state index >= 15 is 0 Å². The summed E-state index contributed by atoms with van der Waals surface area (Å²) in [5.74, 6) is -0.696. The molecule has 0 spiro atoms. The SMILES string of the molecule is O=C(CCCCBr)c1cccc(OC(F)(F)C(F)F)c1. The van der Waals surface area contributed by atoms with Gasteiger partial charge in [0.05, 0.1) is 0 Å². The zero-order chi connectivity index (χ0) is 15.2. The molecule has 0 saturated heterocycles. The van der Waals surface area contributed by atoms with E-state index in [0.29, 0.717) is 6.42 Å². The maximum atomic E-state index is 12.8. The molecule has 1 aromatic rings. The van der Waals surface area contributed by atoms with Gasteiger partial charge < -0.3 is 4.74 Å². The Bertz CT molecular complexity index is 452. The fourth-order valence-corrected chi connectivity index (χ4v) is 1.86. The summed E-state index contributed by atoms with van der Waals surface area (Å²) in [6.45, 7) is 0. The van der Waals surface area contributed by atoms with Crippen LogP contribution in [0.3, 0.4) is 0 Å². The second-order valence-electron chi connectivity index (χ2n) is 4.06. The van der Waals surface area contributed by atoms with Gasteiger partial charge in [0, 0.05) is 17.3 Å². The van der Waals surface area contributed by atoms with Crippen LogP contribution in [0, 0.1) is 0 Å². The van der Waals surface area contributed by atoms with Gasteiger partial charge in [0.25, 0.3) is 0 Å². The van der Waals surface area contributed by atoms with Gasteiger partial charge in [-0.25, -0.2) is 0 Å². The predicted octanol–water partition coefficient (Wildman–Crippen LogP) is 4.67. The average molecular weight is 357 g/mol. The zero-order valence-electron chi connectivity index (χ0n) is 10.4. The number of carbonyl (C=O) groups excluding carboxylic acids is 1. The van der Waals surface area contributed by atoms with Crippen molar-refractivity contribution in [2.45, 2.75) is 31.8 Å². The Hall–Kier alpha value is -1.11. The van der Waals surface area contributed by atoms with Crippen molar-refractivity contribution in [3.8, 4) is 5.75 Å². The third-order valence-electron chi connectivity index (χ3n) is 2.45. The summed E-state index contributed by atoms with van der Waals surface area (Å²) in [5.41, 5.74) is 0.169. The van der Waals surface area contributed by atoms with Crippen molar-refractivity contribution >= 4 is 21.7 Å². The summed E-state index contributed by atoms with van der Waals surface area (Å²) in [7, 11) is 0. The van der Waals surface area contributed by atoms with Crippen LogP contribution >= 0.6 is 15.9 Å². The first-order valence-electron chi connectivity index (χ1n) is 5.91. The smallest absolute Gasteiger partial charge is 0.428 e. The largest absolute Gasteiger partial charge is 0.461 e. The van der Waals surface area contributed by atoms with Crippen LogP contribution in [0.2, 0.25) is 0 Å². The van der Waals surface area contributed by atoms with Gasteiger partial charge in [-0.05, 0) is 25.0 Å². The molecule has 0 aromatic heterocycles. The Morgan fingerprint density at radius 2 is 2.00 bits per heavy atom. The van der Waals surface area contributed by atoms with E-state index in [-0.39, 0.29) is 17.8 Å². The van der Waals surface area contributed by atoms with E-state index in [4.69, 9.17) is 0 Å². The lowest BCUT2D eigenvalue weighted by molar-refractivity contribution is -0.253. The summed E-state index contributed by atoms with van der Waals surface area (Å²) >= 11 is 3.23. The summed E-state index contributed by atoms with van der Waals surface area (Å²) < 4.78 is 53.5. The van der Waals surface area contributed by atoms with Crippen molar-refractivity contribution in [3.63, 3.8) is 0 Å². The lowest BCUT2D eigenvalue weighted by atomic mass is 10.1. The van der Waals surface area contributed by atoms with Crippen LogP contribution in [0.4, 0.5) is 17.6 Å². The summed E-state index contributed by atoms with van der Waals surface area (Å²) in [6.07, 6.45) is -6.77. The third-order valence-corrected chi connectivity index (χ3v) is 3.01. The van der Waals surface area contributed by atoms with E-state index in [0.717, 1.165) is 23.9 Å². The van der Waals surface area contributed by atoms with Crippen molar-refractivity contribution < 1.29 is 27.1 Å². The van der Waals surface area contributed by atoms with Crippen LogP contribution in [0.1, 0.15) is 29.6 Å². The van der Waals surface area contributed by atoms with Gasteiger partial charge in [0.2, 0.25) is 0 Å². The van der Waals surface area contributed by atoms with E-state index in [9.17, 15) is 22.4 Å². The van der Waals surface area contributed by atoms with Gasteiger partial charge >= 0.3 is 12.5 Å². The highest BCUT2D eigenvalue weighted by atomic mass is 79.9. The molecule has 0 amide bonds. The minimum Gasteiger partial charge on any atom is -0.428 e. The second kappa shape index (κ2) is 7.61. The molecule has 0 atom stereocenters. The number of Topliss-reactive ketones (excluding diaryl/α,β-unsaturated/α-hetero) is 1. The van der Waals surface area contributed by atoms with E-state index < -0.39 is 18.3 Å². The van der Waals surface area contributed by atoms with E-state index in [1.807, 2.05) is 0 Å². The molecule has 112 valence electrons.